The SMILES string of the molecule is CCNC(=NCCC(=O)N(CC)CC)N(C)Cc1cn(C)nc1C(C)C. The fourth-order valence-electron chi connectivity index (χ4n) is 2.95. The zero-order valence-corrected chi connectivity index (χ0v) is 17.5. The minimum absolute atomic E-state index is 0.159. The molecule has 1 amide bonds. The fraction of sp³-hybridized carbons (Fsp3) is 0.737. The summed E-state index contributed by atoms with van der Waals surface area (Å²) in [6.07, 6.45) is 2.51. The summed E-state index contributed by atoms with van der Waals surface area (Å²) in [6.45, 7) is 13.9. The van der Waals surface area contributed by atoms with Crippen LogP contribution in [0.4, 0.5) is 0 Å². The summed E-state index contributed by atoms with van der Waals surface area (Å²) < 4.78 is 1.87. The number of carbonyl (C=O) groups is 1. The Kier molecular flexibility index (Phi) is 9.16. The van der Waals surface area contributed by atoms with Gasteiger partial charge in [0.15, 0.2) is 5.96 Å². The van der Waals surface area contributed by atoms with Gasteiger partial charge in [0.25, 0.3) is 0 Å². The Morgan fingerprint density at radius 2 is 1.96 bits per heavy atom. The first kappa shape index (κ1) is 22.0. The van der Waals surface area contributed by atoms with Crippen molar-refractivity contribution in [1.82, 2.24) is 24.9 Å². The molecule has 26 heavy (non-hydrogen) atoms. The van der Waals surface area contributed by atoms with E-state index in [2.05, 4.69) is 40.4 Å². The van der Waals surface area contributed by atoms with Crippen LogP contribution in [0.1, 0.15) is 58.2 Å². The summed E-state index contributed by atoms with van der Waals surface area (Å²) >= 11 is 0. The van der Waals surface area contributed by atoms with Crippen molar-refractivity contribution in [2.75, 3.05) is 33.2 Å². The Labute approximate surface area is 158 Å². The molecule has 0 spiro atoms. The molecule has 0 aliphatic rings. The Morgan fingerprint density at radius 1 is 1.31 bits per heavy atom. The summed E-state index contributed by atoms with van der Waals surface area (Å²) in [5.74, 6) is 1.36. The van der Waals surface area contributed by atoms with Gasteiger partial charge in [-0.2, -0.15) is 5.10 Å². The maximum absolute atomic E-state index is 12.1. The summed E-state index contributed by atoms with van der Waals surface area (Å²) in [6, 6.07) is 0. The predicted molar refractivity (Wildman–Crippen MR) is 107 cm³/mol. The number of amides is 1. The Hall–Kier alpha value is -2.05. The average molecular weight is 365 g/mol. The second-order valence-electron chi connectivity index (χ2n) is 6.78. The standard InChI is InChI=1S/C19H36N6O/c1-8-20-19(21-12-11-17(26)25(9-2)10-3)23(6)13-16-14-24(7)22-18(16)15(4)5/h14-15H,8-13H2,1-7H3,(H,20,21). The van der Waals surface area contributed by atoms with Crippen LogP contribution in [0.5, 0.6) is 0 Å². The van der Waals surface area contributed by atoms with Gasteiger partial charge in [-0.15, -0.1) is 0 Å². The third kappa shape index (κ3) is 6.35. The van der Waals surface area contributed by atoms with E-state index in [1.165, 1.54) is 5.56 Å². The van der Waals surface area contributed by atoms with Crippen LogP contribution < -0.4 is 5.32 Å². The zero-order valence-electron chi connectivity index (χ0n) is 17.5. The van der Waals surface area contributed by atoms with Crippen molar-refractivity contribution in [2.24, 2.45) is 12.0 Å². The molecule has 0 aliphatic carbocycles. The highest BCUT2D eigenvalue weighted by atomic mass is 16.2. The second-order valence-corrected chi connectivity index (χ2v) is 6.78. The van der Waals surface area contributed by atoms with E-state index in [4.69, 9.17) is 0 Å². The normalized spacial score (nSPS) is 11.8. The number of guanidine groups is 1. The molecule has 0 aliphatic heterocycles. The minimum Gasteiger partial charge on any atom is -0.357 e. The van der Waals surface area contributed by atoms with Gasteiger partial charge < -0.3 is 15.1 Å². The quantitative estimate of drug-likeness (QED) is 0.539. The van der Waals surface area contributed by atoms with Crippen LogP contribution in [-0.4, -0.2) is 64.7 Å². The van der Waals surface area contributed by atoms with Gasteiger partial charge in [-0.3, -0.25) is 14.5 Å². The van der Waals surface area contributed by atoms with Crippen LogP contribution in [0.25, 0.3) is 0 Å². The topological polar surface area (TPSA) is 65.8 Å². The maximum atomic E-state index is 12.1. The van der Waals surface area contributed by atoms with Crippen molar-refractivity contribution < 1.29 is 4.79 Å². The molecule has 1 aromatic rings. The Bertz CT molecular complexity index is 589. The van der Waals surface area contributed by atoms with Crippen LogP contribution in [0.3, 0.4) is 0 Å². The molecule has 148 valence electrons. The Morgan fingerprint density at radius 3 is 2.50 bits per heavy atom. The van der Waals surface area contributed by atoms with Gasteiger partial charge in [-0.05, 0) is 26.7 Å². The number of carbonyl (C=O) groups excluding carboxylic acids is 1. The maximum Gasteiger partial charge on any atom is 0.224 e. The number of aryl methyl sites for hydroxylation is 1. The molecule has 0 radical (unpaired) electrons. The van der Waals surface area contributed by atoms with Gasteiger partial charge in [0, 0.05) is 58.5 Å². The molecule has 1 aromatic heterocycles. The lowest BCUT2D eigenvalue weighted by atomic mass is 10.1. The molecule has 0 atom stereocenters. The largest absolute Gasteiger partial charge is 0.357 e. The van der Waals surface area contributed by atoms with Crippen molar-refractivity contribution >= 4 is 11.9 Å². The molecule has 1 rings (SSSR count). The number of aromatic nitrogens is 2. The van der Waals surface area contributed by atoms with Crippen LogP contribution in [0.15, 0.2) is 11.2 Å². The molecule has 0 unspecified atom stereocenters. The van der Waals surface area contributed by atoms with Gasteiger partial charge >= 0.3 is 0 Å². The van der Waals surface area contributed by atoms with E-state index in [9.17, 15) is 4.79 Å². The third-order valence-electron chi connectivity index (χ3n) is 4.29. The summed E-state index contributed by atoms with van der Waals surface area (Å²) in [7, 11) is 3.97. The fourth-order valence-corrected chi connectivity index (χ4v) is 2.95. The second kappa shape index (κ2) is 10.8. The van der Waals surface area contributed by atoms with Crippen molar-refractivity contribution in [3.63, 3.8) is 0 Å². The van der Waals surface area contributed by atoms with E-state index < -0.39 is 0 Å². The predicted octanol–water partition coefficient (Wildman–Crippen LogP) is 2.20. The van der Waals surface area contributed by atoms with E-state index >= 15 is 0 Å². The smallest absolute Gasteiger partial charge is 0.224 e. The van der Waals surface area contributed by atoms with Crippen molar-refractivity contribution in [1.29, 1.82) is 0 Å². The van der Waals surface area contributed by atoms with Crippen molar-refractivity contribution in [3.05, 3.63) is 17.5 Å². The highest BCUT2D eigenvalue weighted by Gasteiger charge is 2.15. The number of nitrogens with zero attached hydrogens (tertiary/aromatic N) is 5. The van der Waals surface area contributed by atoms with Crippen molar-refractivity contribution in [2.45, 2.75) is 53.5 Å². The lowest BCUT2D eigenvalue weighted by molar-refractivity contribution is -0.130. The number of aliphatic imine (C=N–C) groups is 1. The lowest BCUT2D eigenvalue weighted by Gasteiger charge is -2.23. The van der Waals surface area contributed by atoms with E-state index in [1.54, 1.807) is 0 Å². The summed E-state index contributed by atoms with van der Waals surface area (Å²) in [4.78, 5) is 20.7. The van der Waals surface area contributed by atoms with Gasteiger partial charge in [-0.1, -0.05) is 13.8 Å². The van der Waals surface area contributed by atoms with E-state index in [-0.39, 0.29) is 5.91 Å². The number of rotatable bonds is 9. The number of hydrogen-bond donors (Lipinski definition) is 1. The molecule has 7 nitrogen and oxygen atoms in total. The monoisotopic (exact) mass is 364 g/mol. The Balaban J connectivity index is 2.77. The van der Waals surface area contributed by atoms with Gasteiger partial charge in [0.2, 0.25) is 5.91 Å². The number of nitrogens with one attached hydrogen (secondary N) is 1. The van der Waals surface area contributed by atoms with Crippen LogP contribution in [0.2, 0.25) is 0 Å². The average Bonchev–Trinajstić information content (AvgIpc) is 2.95. The summed E-state index contributed by atoms with van der Waals surface area (Å²) in [5.41, 5.74) is 2.32. The summed E-state index contributed by atoms with van der Waals surface area (Å²) in [5, 5.41) is 7.88. The molecule has 1 N–H and O–H groups in total. The number of hydrogen-bond acceptors (Lipinski definition) is 3. The first-order chi connectivity index (χ1) is 12.3. The molecule has 0 saturated carbocycles. The first-order valence-electron chi connectivity index (χ1n) is 9.63. The van der Waals surface area contributed by atoms with Gasteiger partial charge in [-0.25, -0.2) is 0 Å². The molecular formula is C19H36N6O. The highest BCUT2D eigenvalue weighted by Crippen LogP contribution is 2.18. The molecule has 0 fully saturated rings. The van der Waals surface area contributed by atoms with Crippen LogP contribution in [-0.2, 0) is 18.4 Å². The molecular weight excluding hydrogens is 328 g/mol. The molecule has 1 heterocycles. The molecule has 7 heteroatoms. The first-order valence-corrected chi connectivity index (χ1v) is 9.63. The zero-order chi connectivity index (χ0) is 19.7. The van der Waals surface area contributed by atoms with E-state index in [0.717, 1.165) is 37.8 Å². The molecule has 0 aromatic carbocycles. The lowest BCUT2D eigenvalue weighted by Crippen LogP contribution is -2.39. The van der Waals surface area contributed by atoms with Crippen molar-refractivity contribution in [3.8, 4) is 0 Å². The van der Waals surface area contributed by atoms with Gasteiger partial charge in [0.1, 0.15) is 0 Å². The molecule has 0 saturated heterocycles. The van der Waals surface area contributed by atoms with E-state index in [1.807, 2.05) is 44.4 Å². The molecule has 0 bridgehead atoms. The van der Waals surface area contributed by atoms with Crippen LogP contribution in [0, 0.1) is 0 Å². The van der Waals surface area contributed by atoms with E-state index in [0.29, 0.717) is 18.9 Å². The minimum atomic E-state index is 0.159. The highest BCUT2D eigenvalue weighted by molar-refractivity contribution is 5.80. The van der Waals surface area contributed by atoms with Gasteiger partial charge in [0.05, 0.1) is 12.2 Å². The third-order valence-corrected chi connectivity index (χ3v) is 4.29. The van der Waals surface area contributed by atoms with Crippen LogP contribution >= 0.6 is 0 Å².